The molecule has 4 rings (SSSR count). The molecule has 3 N–H and O–H groups in total. The Bertz CT molecular complexity index is 996. The molecule has 2 amide bonds. The minimum atomic E-state index is -0.307. The number of hydrogen-bond acceptors (Lipinski definition) is 4. The van der Waals surface area contributed by atoms with Crippen LogP contribution in [0.25, 0.3) is 10.9 Å². The number of ether oxygens (including phenoxy) is 2. The third kappa shape index (κ3) is 3.87. The van der Waals surface area contributed by atoms with Gasteiger partial charge in [-0.05, 0) is 23.8 Å². The first-order valence-corrected chi connectivity index (χ1v) is 8.70. The molecule has 27 heavy (non-hydrogen) atoms. The number of aromatic amines is 1. The van der Waals surface area contributed by atoms with Gasteiger partial charge in [0.05, 0.1) is 13.0 Å². The summed E-state index contributed by atoms with van der Waals surface area (Å²) in [5.41, 5.74) is 2.47. The lowest BCUT2D eigenvalue weighted by Gasteiger charge is -2.19. The van der Waals surface area contributed by atoms with Crippen LogP contribution in [0.2, 0.25) is 0 Å². The summed E-state index contributed by atoms with van der Waals surface area (Å²) < 4.78 is 10.9. The number of benzene rings is 2. The van der Waals surface area contributed by atoms with E-state index >= 15 is 0 Å². The van der Waals surface area contributed by atoms with E-state index in [0.29, 0.717) is 30.4 Å². The number of nitrogens with one attached hydrogen (secondary N) is 3. The van der Waals surface area contributed by atoms with E-state index in [2.05, 4.69) is 15.6 Å². The molecule has 0 spiro atoms. The summed E-state index contributed by atoms with van der Waals surface area (Å²) >= 11 is 0. The number of hydrogen-bond donors (Lipinski definition) is 3. The Labute approximate surface area is 155 Å². The van der Waals surface area contributed by atoms with Crippen LogP contribution in [0, 0.1) is 0 Å². The normalized spacial score (nSPS) is 12.6. The summed E-state index contributed by atoms with van der Waals surface area (Å²) in [7, 11) is 0. The standard InChI is InChI=1S/C20H19N3O4/c24-19(9-13-11-21-16-4-2-1-3-15(13)16)22-12-20(25)23-14-5-6-17-18(10-14)27-8-7-26-17/h1-6,10-11,21H,7-9,12H2,(H,22,24)(H,23,25). The molecule has 0 saturated heterocycles. The van der Waals surface area contributed by atoms with Crippen LogP contribution in [0.3, 0.4) is 0 Å². The van der Waals surface area contributed by atoms with Gasteiger partial charge in [0.2, 0.25) is 11.8 Å². The number of aromatic nitrogens is 1. The lowest BCUT2D eigenvalue weighted by molar-refractivity contribution is -0.123. The number of fused-ring (bicyclic) bond motifs is 2. The maximum Gasteiger partial charge on any atom is 0.243 e. The molecular weight excluding hydrogens is 346 g/mol. The van der Waals surface area contributed by atoms with Crippen LogP contribution in [0.5, 0.6) is 11.5 Å². The van der Waals surface area contributed by atoms with Crippen molar-refractivity contribution in [2.75, 3.05) is 25.1 Å². The molecule has 3 aromatic rings. The Hall–Kier alpha value is -3.48. The van der Waals surface area contributed by atoms with Crippen LogP contribution in [0.4, 0.5) is 5.69 Å². The minimum absolute atomic E-state index is 0.102. The molecule has 0 radical (unpaired) electrons. The van der Waals surface area contributed by atoms with Gasteiger partial charge in [-0.25, -0.2) is 0 Å². The average Bonchev–Trinajstić information content (AvgIpc) is 3.09. The maximum atomic E-state index is 12.2. The van der Waals surface area contributed by atoms with Gasteiger partial charge in [-0.3, -0.25) is 9.59 Å². The van der Waals surface area contributed by atoms with Gasteiger partial charge in [-0.1, -0.05) is 18.2 Å². The number of amides is 2. The van der Waals surface area contributed by atoms with E-state index in [1.54, 1.807) is 18.2 Å². The zero-order valence-corrected chi connectivity index (χ0v) is 14.6. The van der Waals surface area contributed by atoms with E-state index in [1.807, 2.05) is 30.5 Å². The first kappa shape index (κ1) is 17.0. The van der Waals surface area contributed by atoms with Crippen LogP contribution >= 0.6 is 0 Å². The van der Waals surface area contributed by atoms with Crippen molar-refractivity contribution in [3.05, 3.63) is 54.2 Å². The fourth-order valence-corrected chi connectivity index (χ4v) is 3.02. The molecule has 2 aromatic carbocycles. The van der Waals surface area contributed by atoms with Crippen molar-refractivity contribution in [1.29, 1.82) is 0 Å². The number of rotatable bonds is 5. The van der Waals surface area contributed by atoms with Crippen LogP contribution in [-0.2, 0) is 16.0 Å². The third-order valence-corrected chi connectivity index (χ3v) is 4.30. The second kappa shape index (κ2) is 7.41. The van der Waals surface area contributed by atoms with Crippen LogP contribution < -0.4 is 20.1 Å². The van der Waals surface area contributed by atoms with Crippen molar-refractivity contribution < 1.29 is 19.1 Å². The zero-order chi connectivity index (χ0) is 18.6. The topological polar surface area (TPSA) is 92.5 Å². The highest BCUT2D eigenvalue weighted by Gasteiger charge is 2.14. The molecule has 7 heteroatoms. The Balaban J connectivity index is 1.30. The SMILES string of the molecule is O=C(Cc1c[nH]c2ccccc12)NCC(=O)Nc1ccc2c(c1)OCCO2. The molecule has 0 unspecified atom stereocenters. The summed E-state index contributed by atoms with van der Waals surface area (Å²) in [6, 6.07) is 13.0. The van der Waals surface area contributed by atoms with Crippen LogP contribution in [0.1, 0.15) is 5.56 Å². The van der Waals surface area contributed by atoms with Crippen LogP contribution in [0.15, 0.2) is 48.7 Å². The van der Waals surface area contributed by atoms with Crippen molar-refractivity contribution in [3.63, 3.8) is 0 Å². The van der Waals surface area contributed by atoms with Gasteiger partial charge in [-0.15, -0.1) is 0 Å². The average molecular weight is 365 g/mol. The van der Waals surface area contributed by atoms with E-state index in [1.165, 1.54) is 0 Å². The number of H-pyrrole nitrogens is 1. The molecule has 0 bridgehead atoms. The van der Waals surface area contributed by atoms with E-state index < -0.39 is 0 Å². The van der Waals surface area contributed by atoms with Gasteiger partial charge in [0.1, 0.15) is 13.2 Å². The number of para-hydroxylation sites is 1. The highest BCUT2D eigenvalue weighted by atomic mass is 16.6. The summed E-state index contributed by atoms with van der Waals surface area (Å²) in [4.78, 5) is 27.4. The molecule has 7 nitrogen and oxygen atoms in total. The lowest BCUT2D eigenvalue weighted by Crippen LogP contribution is -2.33. The quantitative estimate of drug-likeness (QED) is 0.647. The first-order valence-electron chi connectivity index (χ1n) is 8.70. The fourth-order valence-electron chi connectivity index (χ4n) is 3.02. The maximum absolute atomic E-state index is 12.2. The zero-order valence-electron chi connectivity index (χ0n) is 14.6. The molecule has 1 aromatic heterocycles. The number of carbonyl (C=O) groups is 2. The summed E-state index contributed by atoms with van der Waals surface area (Å²) in [6.07, 6.45) is 2.03. The Morgan fingerprint density at radius 3 is 2.70 bits per heavy atom. The van der Waals surface area contributed by atoms with Gasteiger partial charge in [0.15, 0.2) is 11.5 Å². The Morgan fingerprint density at radius 1 is 1.00 bits per heavy atom. The van der Waals surface area contributed by atoms with Gasteiger partial charge in [-0.2, -0.15) is 0 Å². The number of carbonyl (C=O) groups excluding carboxylic acids is 2. The van der Waals surface area contributed by atoms with Gasteiger partial charge >= 0.3 is 0 Å². The summed E-state index contributed by atoms with van der Waals surface area (Å²) in [5, 5.41) is 6.40. The molecule has 0 fully saturated rings. The Kier molecular flexibility index (Phi) is 4.65. The largest absolute Gasteiger partial charge is 0.486 e. The van der Waals surface area contributed by atoms with E-state index in [0.717, 1.165) is 16.5 Å². The molecule has 1 aliphatic rings. The Morgan fingerprint density at radius 2 is 1.81 bits per heavy atom. The summed E-state index contributed by atoms with van der Waals surface area (Å²) in [6.45, 7) is 0.894. The van der Waals surface area contributed by atoms with Gasteiger partial charge in [0.25, 0.3) is 0 Å². The second-order valence-corrected chi connectivity index (χ2v) is 6.22. The van der Waals surface area contributed by atoms with E-state index in [4.69, 9.17) is 9.47 Å². The third-order valence-electron chi connectivity index (χ3n) is 4.30. The highest BCUT2D eigenvalue weighted by Crippen LogP contribution is 2.32. The smallest absolute Gasteiger partial charge is 0.243 e. The molecule has 2 heterocycles. The van der Waals surface area contributed by atoms with Gasteiger partial charge in [0, 0.05) is 28.9 Å². The van der Waals surface area contributed by atoms with E-state index in [-0.39, 0.29) is 24.8 Å². The molecule has 1 aliphatic heterocycles. The molecular formula is C20H19N3O4. The van der Waals surface area contributed by atoms with Crippen molar-refractivity contribution in [1.82, 2.24) is 10.3 Å². The monoisotopic (exact) mass is 365 g/mol. The predicted octanol–water partition coefficient (Wildman–Crippen LogP) is 2.24. The molecule has 138 valence electrons. The molecule has 0 atom stereocenters. The minimum Gasteiger partial charge on any atom is -0.486 e. The summed E-state index contributed by atoms with van der Waals surface area (Å²) in [5.74, 6) is 0.740. The van der Waals surface area contributed by atoms with E-state index in [9.17, 15) is 9.59 Å². The van der Waals surface area contributed by atoms with Crippen molar-refractivity contribution >= 4 is 28.4 Å². The highest BCUT2D eigenvalue weighted by molar-refractivity contribution is 5.95. The van der Waals surface area contributed by atoms with Gasteiger partial charge < -0.3 is 25.1 Å². The van der Waals surface area contributed by atoms with Crippen molar-refractivity contribution in [3.8, 4) is 11.5 Å². The first-order chi connectivity index (χ1) is 13.2. The second-order valence-electron chi connectivity index (χ2n) is 6.22. The van der Waals surface area contributed by atoms with Crippen LogP contribution in [-0.4, -0.2) is 36.6 Å². The predicted molar refractivity (Wildman–Crippen MR) is 101 cm³/mol. The van der Waals surface area contributed by atoms with Crippen molar-refractivity contribution in [2.24, 2.45) is 0 Å². The van der Waals surface area contributed by atoms with Crippen molar-refractivity contribution in [2.45, 2.75) is 6.42 Å². The fraction of sp³-hybridized carbons (Fsp3) is 0.200. The lowest BCUT2D eigenvalue weighted by atomic mass is 10.1. The molecule has 0 aliphatic carbocycles. The molecule has 0 saturated carbocycles. The number of anilines is 1.